The Labute approximate surface area is 182 Å². The second-order valence-electron chi connectivity index (χ2n) is 6.90. The van der Waals surface area contributed by atoms with Crippen molar-refractivity contribution < 1.29 is 18.4 Å². The van der Waals surface area contributed by atoms with E-state index in [4.69, 9.17) is 11.6 Å². The normalized spacial score (nSPS) is 15.6. The van der Waals surface area contributed by atoms with E-state index in [9.17, 15) is 18.4 Å². The molecule has 4 aromatic rings. The van der Waals surface area contributed by atoms with E-state index in [1.807, 2.05) is 0 Å². The Morgan fingerprint density at radius 3 is 2.84 bits per heavy atom. The van der Waals surface area contributed by atoms with Gasteiger partial charge in [0.15, 0.2) is 5.82 Å². The quantitative estimate of drug-likeness (QED) is 0.486. The van der Waals surface area contributed by atoms with Crippen LogP contribution in [-0.4, -0.2) is 25.7 Å². The number of rotatable bonds is 3. The summed E-state index contributed by atoms with van der Waals surface area (Å²) >= 11 is 7.33. The van der Waals surface area contributed by atoms with Crippen LogP contribution >= 0.6 is 23.1 Å². The van der Waals surface area contributed by atoms with Crippen molar-refractivity contribution >= 4 is 50.9 Å². The summed E-state index contributed by atoms with van der Waals surface area (Å²) in [5, 5.41) is 6.07. The molecule has 0 radical (unpaired) electrons. The zero-order chi connectivity index (χ0) is 21.7. The fraction of sp³-hybridized carbons (Fsp3) is 0.100. The van der Waals surface area contributed by atoms with Crippen molar-refractivity contribution in [3.8, 4) is 0 Å². The SMILES string of the molecule is O=C1Cn2cnc(NC(=O)c3nsc4ccc(F)cc34)c2[C@@H](c2cc(F)ccc2Cl)N1. The van der Waals surface area contributed by atoms with Crippen LogP contribution in [-0.2, 0) is 11.3 Å². The molecule has 0 saturated heterocycles. The number of hydrogen-bond donors (Lipinski definition) is 2. The van der Waals surface area contributed by atoms with Gasteiger partial charge in [-0.05, 0) is 47.9 Å². The molecule has 0 bridgehead atoms. The molecular weight excluding hydrogens is 448 g/mol. The standard InChI is InChI=1S/C20H12ClF2N5O2S/c21-13-3-1-9(22)5-11(13)16-18-19(24-8-28(18)7-15(29)25-16)26-20(30)17-12-6-10(23)2-4-14(12)31-27-17/h1-6,8,16H,7H2,(H,25,29)(H,26,30)/t16-/m1/s1. The number of benzene rings is 2. The van der Waals surface area contributed by atoms with Crippen molar-refractivity contribution in [1.82, 2.24) is 19.2 Å². The van der Waals surface area contributed by atoms with Crippen LogP contribution in [0.2, 0.25) is 5.02 Å². The van der Waals surface area contributed by atoms with E-state index < -0.39 is 23.6 Å². The Morgan fingerprint density at radius 2 is 2.00 bits per heavy atom. The first-order valence-electron chi connectivity index (χ1n) is 9.06. The maximum atomic E-state index is 13.9. The van der Waals surface area contributed by atoms with Gasteiger partial charge in [0.25, 0.3) is 5.91 Å². The third-order valence-electron chi connectivity index (χ3n) is 4.92. The number of amides is 2. The topological polar surface area (TPSA) is 88.9 Å². The highest BCUT2D eigenvalue weighted by Gasteiger charge is 2.32. The second kappa shape index (κ2) is 7.40. The first kappa shape index (κ1) is 19.6. The molecule has 1 atom stereocenters. The average molecular weight is 460 g/mol. The summed E-state index contributed by atoms with van der Waals surface area (Å²) in [7, 11) is 0. The fourth-order valence-corrected chi connectivity index (χ4v) is 4.53. The van der Waals surface area contributed by atoms with Crippen LogP contribution in [0, 0.1) is 11.6 Å². The van der Waals surface area contributed by atoms with Gasteiger partial charge in [-0.2, -0.15) is 4.37 Å². The van der Waals surface area contributed by atoms with Gasteiger partial charge in [-0.15, -0.1) is 0 Å². The zero-order valence-corrected chi connectivity index (χ0v) is 17.1. The molecule has 0 unspecified atom stereocenters. The molecule has 0 fully saturated rings. The Balaban J connectivity index is 1.55. The minimum atomic E-state index is -0.827. The summed E-state index contributed by atoms with van der Waals surface area (Å²) in [5.41, 5.74) is 0.820. The highest BCUT2D eigenvalue weighted by molar-refractivity contribution is 7.13. The Kier molecular flexibility index (Phi) is 4.67. The first-order chi connectivity index (χ1) is 14.9. The summed E-state index contributed by atoms with van der Waals surface area (Å²) in [6.45, 7) is -0.0213. The highest BCUT2D eigenvalue weighted by atomic mass is 35.5. The molecule has 156 valence electrons. The lowest BCUT2D eigenvalue weighted by molar-refractivity contribution is -0.123. The molecule has 1 aliphatic rings. The van der Waals surface area contributed by atoms with E-state index in [0.29, 0.717) is 21.3 Å². The molecule has 2 aromatic carbocycles. The van der Waals surface area contributed by atoms with Crippen LogP contribution in [0.1, 0.15) is 27.8 Å². The molecule has 5 rings (SSSR count). The molecule has 31 heavy (non-hydrogen) atoms. The smallest absolute Gasteiger partial charge is 0.277 e. The number of carbonyl (C=O) groups is 2. The van der Waals surface area contributed by atoms with Gasteiger partial charge in [-0.1, -0.05) is 11.6 Å². The highest BCUT2D eigenvalue weighted by Crippen LogP contribution is 2.35. The van der Waals surface area contributed by atoms with Gasteiger partial charge in [-0.25, -0.2) is 13.8 Å². The van der Waals surface area contributed by atoms with Crippen LogP contribution in [0.3, 0.4) is 0 Å². The number of carbonyl (C=O) groups excluding carboxylic acids is 2. The van der Waals surface area contributed by atoms with Crippen LogP contribution in [0.25, 0.3) is 10.1 Å². The number of aromatic nitrogens is 3. The number of nitrogens with zero attached hydrogens (tertiary/aromatic N) is 3. The van der Waals surface area contributed by atoms with Crippen molar-refractivity contribution in [3.63, 3.8) is 0 Å². The van der Waals surface area contributed by atoms with Crippen LogP contribution in [0.15, 0.2) is 42.7 Å². The van der Waals surface area contributed by atoms with Gasteiger partial charge in [0, 0.05) is 16.0 Å². The molecular formula is C20H12ClF2N5O2S. The van der Waals surface area contributed by atoms with Crippen LogP contribution in [0.4, 0.5) is 14.6 Å². The van der Waals surface area contributed by atoms with Crippen molar-refractivity contribution in [3.05, 3.63) is 76.3 Å². The van der Waals surface area contributed by atoms with Crippen molar-refractivity contribution in [2.24, 2.45) is 0 Å². The summed E-state index contributed by atoms with van der Waals surface area (Å²) in [4.78, 5) is 29.3. The Hall–Kier alpha value is -3.37. The molecule has 2 aromatic heterocycles. The number of anilines is 1. The molecule has 3 heterocycles. The lowest BCUT2D eigenvalue weighted by atomic mass is 10.0. The van der Waals surface area contributed by atoms with Gasteiger partial charge in [-0.3, -0.25) is 9.59 Å². The van der Waals surface area contributed by atoms with E-state index in [2.05, 4.69) is 20.0 Å². The molecule has 0 aliphatic carbocycles. The van der Waals surface area contributed by atoms with Gasteiger partial charge in [0.05, 0.1) is 22.8 Å². The third kappa shape index (κ3) is 3.43. The summed E-state index contributed by atoms with van der Waals surface area (Å²) in [5.74, 6) is -1.74. The number of hydrogen-bond acceptors (Lipinski definition) is 5. The van der Waals surface area contributed by atoms with E-state index in [1.54, 1.807) is 10.6 Å². The molecule has 2 N–H and O–H groups in total. The monoisotopic (exact) mass is 459 g/mol. The van der Waals surface area contributed by atoms with Gasteiger partial charge in [0.2, 0.25) is 5.91 Å². The maximum Gasteiger partial charge on any atom is 0.277 e. The lowest BCUT2D eigenvalue weighted by Gasteiger charge is -2.27. The first-order valence-corrected chi connectivity index (χ1v) is 10.2. The number of halogens is 3. The predicted octanol–water partition coefficient (Wildman–Crippen LogP) is 3.90. The third-order valence-corrected chi connectivity index (χ3v) is 6.09. The Bertz CT molecular complexity index is 1370. The van der Waals surface area contributed by atoms with Crippen LogP contribution < -0.4 is 10.6 Å². The van der Waals surface area contributed by atoms with Crippen molar-refractivity contribution in [2.45, 2.75) is 12.6 Å². The van der Waals surface area contributed by atoms with E-state index >= 15 is 0 Å². The van der Waals surface area contributed by atoms with E-state index in [0.717, 1.165) is 11.5 Å². The summed E-state index contributed by atoms with van der Waals surface area (Å²) in [6.07, 6.45) is 1.41. The van der Waals surface area contributed by atoms with Crippen molar-refractivity contribution in [1.29, 1.82) is 0 Å². The molecule has 2 amide bonds. The summed E-state index contributed by atoms with van der Waals surface area (Å²) in [6, 6.07) is 7.08. The zero-order valence-electron chi connectivity index (χ0n) is 15.5. The van der Waals surface area contributed by atoms with E-state index in [1.165, 1.54) is 36.7 Å². The average Bonchev–Trinajstić information content (AvgIpc) is 3.33. The number of imidazole rings is 1. The predicted molar refractivity (Wildman–Crippen MR) is 111 cm³/mol. The Morgan fingerprint density at radius 1 is 1.23 bits per heavy atom. The van der Waals surface area contributed by atoms with Gasteiger partial charge < -0.3 is 15.2 Å². The second-order valence-corrected chi connectivity index (χ2v) is 8.11. The van der Waals surface area contributed by atoms with Gasteiger partial charge >= 0.3 is 0 Å². The number of nitrogens with one attached hydrogen (secondary N) is 2. The molecule has 1 aliphatic heterocycles. The molecule has 0 spiro atoms. The van der Waals surface area contributed by atoms with Gasteiger partial charge in [0.1, 0.15) is 23.9 Å². The minimum absolute atomic E-state index is 0.0213. The fourth-order valence-electron chi connectivity index (χ4n) is 3.55. The number of fused-ring (bicyclic) bond motifs is 2. The summed E-state index contributed by atoms with van der Waals surface area (Å²) < 4.78 is 33.9. The molecule has 7 nitrogen and oxygen atoms in total. The van der Waals surface area contributed by atoms with E-state index in [-0.39, 0.29) is 29.0 Å². The van der Waals surface area contributed by atoms with Crippen LogP contribution in [0.5, 0.6) is 0 Å². The minimum Gasteiger partial charge on any atom is -0.342 e. The largest absolute Gasteiger partial charge is 0.342 e. The molecule has 0 saturated carbocycles. The van der Waals surface area contributed by atoms with Crippen molar-refractivity contribution in [2.75, 3.05) is 5.32 Å². The maximum absolute atomic E-state index is 13.9. The lowest BCUT2D eigenvalue weighted by Crippen LogP contribution is -2.39. The molecule has 11 heteroatoms.